The third-order valence-corrected chi connectivity index (χ3v) is 4.29. The highest BCUT2D eigenvalue weighted by Crippen LogP contribution is 2.43. The first-order valence-corrected chi connectivity index (χ1v) is 8.24. The molecule has 0 saturated heterocycles. The van der Waals surface area contributed by atoms with Crippen molar-refractivity contribution >= 4 is 11.4 Å². The van der Waals surface area contributed by atoms with Gasteiger partial charge in [0, 0.05) is 17.2 Å². The maximum Gasteiger partial charge on any atom is 0.426 e. The van der Waals surface area contributed by atoms with Crippen LogP contribution in [0.15, 0.2) is 36.4 Å². The van der Waals surface area contributed by atoms with E-state index >= 15 is 0 Å². The lowest BCUT2D eigenvalue weighted by molar-refractivity contribution is -0.387. The van der Waals surface area contributed by atoms with Crippen molar-refractivity contribution in [2.75, 3.05) is 5.73 Å². The molecule has 2 atom stereocenters. The molecule has 0 amide bonds. The quantitative estimate of drug-likeness (QED) is 0.232. The second kappa shape index (κ2) is 8.82. The Morgan fingerprint density at radius 2 is 1.12 bits per heavy atom. The van der Waals surface area contributed by atoms with E-state index in [0.29, 0.717) is 31.2 Å². The molecule has 0 bridgehead atoms. The molecule has 2 aromatic rings. The topological polar surface area (TPSA) is 69.2 Å². The normalized spacial score (nSPS) is 15.8. The van der Waals surface area contributed by atoms with Crippen LogP contribution in [-0.2, 0) is 11.3 Å². The number of anilines is 1. The van der Waals surface area contributed by atoms with Crippen LogP contribution in [0.2, 0.25) is 0 Å². The zero-order valence-corrected chi connectivity index (χ0v) is 16.1. The fourth-order valence-corrected chi connectivity index (χ4v) is 2.11. The van der Waals surface area contributed by atoms with Gasteiger partial charge < -0.3 is 5.73 Å². The Hall–Kier alpha value is -3.06. The lowest BCUT2D eigenvalue weighted by atomic mass is 9.97. The monoisotopic (exact) mass is 480 g/mol. The number of alkyl halides is 8. The average Bonchev–Trinajstić information content (AvgIpc) is 2.62. The number of halogens is 10. The Bertz CT molecular complexity index is 985. The van der Waals surface area contributed by atoms with E-state index in [1.54, 1.807) is 0 Å². The van der Waals surface area contributed by atoms with E-state index in [-0.39, 0.29) is 13.0 Å². The third-order valence-electron chi connectivity index (χ3n) is 4.29. The second-order valence-electron chi connectivity index (χ2n) is 6.66. The second-order valence-corrected chi connectivity index (χ2v) is 6.66. The Balaban J connectivity index is 0.000000323. The van der Waals surface area contributed by atoms with Gasteiger partial charge in [-0.1, -0.05) is 12.1 Å². The molecule has 2 rings (SSSR count). The van der Waals surface area contributed by atoms with Crippen LogP contribution in [0.25, 0.3) is 0 Å². The lowest BCUT2D eigenvalue weighted by Gasteiger charge is -2.24. The van der Waals surface area contributed by atoms with Crippen LogP contribution >= 0.6 is 0 Å². The van der Waals surface area contributed by atoms with Crippen molar-refractivity contribution in [1.82, 2.24) is 0 Å². The molecule has 0 aliphatic carbocycles. The Labute approximate surface area is 173 Å². The zero-order chi connectivity index (χ0) is 25.3. The van der Waals surface area contributed by atoms with Gasteiger partial charge in [-0.05, 0) is 32.0 Å². The van der Waals surface area contributed by atoms with Crippen LogP contribution in [0.5, 0.6) is 0 Å². The molecular formula is C18H14F10N2O2. The van der Waals surface area contributed by atoms with Crippen LogP contribution in [0.3, 0.4) is 0 Å². The number of hydrogen-bond acceptors (Lipinski definition) is 3. The van der Waals surface area contributed by atoms with E-state index in [2.05, 4.69) is 0 Å². The molecule has 178 valence electrons. The van der Waals surface area contributed by atoms with Crippen molar-refractivity contribution in [2.45, 2.75) is 37.5 Å². The summed E-state index contributed by atoms with van der Waals surface area (Å²) in [5.74, 6) is -2.20. The van der Waals surface area contributed by atoms with Gasteiger partial charge in [0.05, 0.1) is 10.6 Å². The van der Waals surface area contributed by atoms with E-state index in [1.165, 1.54) is 0 Å². The molecule has 0 aliphatic heterocycles. The van der Waals surface area contributed by atoms with Gasteiger partial charge >= 0.3 is 18.0 Å². The highest BCUT2D eigenvalue weighted by Gasteiger charge is 2.54. The first kappa shape index (κ1) is 27.0. The molecule has 0 spiro atoms. The summed E-state index contributed by atoms with van der Waals surface area (Å²) in [6, 6.07) is 3.26. The van der Waals surface area contributed by atoms with Crippen molar-refractivity contribution < 1.29 is 48.8 Å². The molecule has 2 unspecified atom stereocenters. The molecule has 0 saturated carbocycles. The number of nitro groups is 1. The number of rotatable bonds is 3. The minimum absolute atomic E-state index is 0.212. The Morgan fingerprint density at radius 3 is 1.47 bits per heavy atom. The van der Waals surface area contributed by atoms with E-state index in [4.69, 9.17) is 5.73 Å². The predicted molar refractivity (Wildman–Crippen MR) is 92.9 cm³/mol. The molecular weight excluding hydrogens is 466 g/mol. The van der Waals surface area contributed by atoms with Gasteiger partial charge in [0.1, 0.15) is 5.82 Å². The summed E-state index contributed by atoms with van der Waals surface area (Å²) in [5.41, 5.74) is -5.70. The van der Waals surface area contributed by atoms with Gasteiger partial charge in [-0.3, -0.25) is 10.1 Å². The van der Waals surface area contributed by atoms with Crippen LogP contribution in [0.1, 0.15) is 25.0 Å². The van der Waals surface area contributed by atoms with Crippen molar-refractivity contribution in [3.05, 3.63) is 69.3 Å². The smallest absolute Gasteiger partial charge is 0.396 e. The predicted octanol–water partition coefficient (Wildman–Crippen LogP) is 6.64. The summed E-state index contributed by atoms with van der Waals surface area (Å²) in [6.45, 7) is 0.573. The van der Waals surface area contributed by atoms with Gasteiger partial charge in [0.2, 0.25) is 17.2 Å². The molecule has 4 nitrogen and oxygen atoms in total. The molecule has 0 aromatic heterocycles. The van der Waals surface area contributed by atoms with Gasteiger partial charge in [-0.25, -0.2) is 13.2 Å². The molecule has 14 heteroatoms. The molecule has 0 fully saturated rings. The number of hydrogen-bond donors (Lipinski definition) is 1. The first-order valence-electron chi connectivity index (χ1n) is 8.24. The van der Waals surface area contributed by atoms with E-state index in [0.717, 1.165) is 6.07 Å². The summed E-state index contributed by atoms with van der Waals surface area (Å²) >= 11 is 0. The maximum atomic E-state index is 13.4. The fraction of sp³-hybridized carbons (Fsp3) is 0.333. The first-order chi connectivity index (χ1) is 14.2. The van der Waals surface area contributed by atoms with Crippen LogP contribution in [0, 0.1) is 21.7 Å². The minimum Gasteiger partial charge on any atom is -0.396 e. The maximum absolute atomic E-state index is 13.4. The molecule has 0 radical (unpaired) electrons. The molecule has 0 aliphatic rings. The number of nitrogens with zero attached hydrogens (tertiary/aromatic N) is 1. The van der Waals surface area contributed by atoms with E-state index in [9.17, 15) is 54.0 Å². The lowest BCUT2D eigenvalue weighted by Crippen LogP contribution is -2.35. The SMILES string of the molecule is CC(F)(c1ccc(F)c(N)c1)C(F)(F)F.CC(F)(c1ccc(F)c([N+](=O)[O-])c1)C(F)(F)F. The van der Waals surface area contributed by atoms with Crippen molar-refractivity contribution in [3.8, 4) is 0 Å². The highest BCUT2D eigenvalue weighted by atomic mass is 19.4. The number of nitro benzene ring substituents is 1. The van der Waals surface area contributed by atoms with Crippen molar-refractivity contribution in [3.63, 3.8) is 0 Å². The van der Waals surface area contributed by atoms with Gasteiger partial charge in [0.15, 0.2) is 0 Å². The molecule has 2 aromatic carbocycles. The van der Waals surface area contributed by atoms with Gasteiger partial charge in [-0.2, -0.15) is 30.7 Å². The summed E-state index contributed by atoms with van der Waals surface area (Å²) in [6.07, 6.45) is -10.3. The number of nitrogen functional groups attached to an aromatic ring is 1. The number of nitrogens with two attached hydrogens (primary N) is 1. The summed E-state index contributed by atoms with van der Waals surface area (Å²) in [7, 11) is 0. The van der Waals surface area contributed by atoms with Crippen LogP contribution in [-0.4, -0.2) is 17.3 Å². The Morgan fingerprint density at radius 1 is 0.750 bits per heavy atom. The van der Waals surface area contributed by atoms with E-state index < -0.39 is 62.7 Å². The minimum atomic E-state index is -5.24. The molecule has 32 heavy (non-hydrogen) atoms. The van der Waals surface area contributed by atoms with Crippen molar-refractivity contribution in [1.29, 1.82) is 0 Å². The Kier molecular flexibility index (Phi) is 7.44. The number of benzene rings is 2. The van der Waals surface area contributed by atoms with Crippen LogP contribution in [0.4, 0.5) is 55.3 Å². The van der Waals surface area contributed by atoms with Gasteiger partial charge in [-0.15, -0.1) is 0 Å². The highest BCUT2D eigenvalue weighted by molar-refractivity contribution is 5.44. The van der Waals surface area contributed by atoms with Crippen molar-refractivity contribution in [2.24, 2.45) is 0 Å². The fourth-order valence-electron chi connectivity index (χ4n) is 2.11. The largest absolute Gasteiger partial charge is 0.426 e. The summed E-state index contributed by atoms with van der Waals surface area (Å²) in [4.78, 5) is 9.10. The molecule has 0 heterocycles. The average molecular weight is 480 g/mol. The molecule has 2 N–H and O–H groups in total. The van der Waals surface area contributed by atoms with Gasteiger partial charge in [0.25, 0.3) is 0 Å². The van der Waals surface area contributed by atoms with Crippen LogP contribution < -0.4 is 5.73 Å². The standard InChI is InChI=1S/C9H6F5NO2.C9H8F5N/c1-8(11,9(12,13)14)5-2-3-6(10)7(4-5)15(16)17;1-8(11,9(12,13)14)5-2-3-6(10)7(15)4-5/h2-4H,1H3;2-4H,15H2,1H3. The zero-order valence-electron chi connectivity index (χ0n) is 16.1. The summed E-state index contributed by atoms with van der Waals surface area (Å²) < 4.78 is 126. The third kappa shape index (κ3) is 5.59. The van der Waals surface area contributed by atoms with E-state index in [1.807, 2.05) is 0 Å². The summed E-state index contributed by atoms with van der Waals surface area (Å²) in [5, 5.41) is 10.3.